The topological polar surface area (TPSA) is 95.5 Å². The molecule has 0 aliphatic carbocycles. The molecule has 0 radical (unpaired) electrons. The SMILES string of the molecule is CC(=O)Nc1ccc(S(=O)(=O)NCC(C)(O)CCc2ccccc2)cc1. The highest BCUT2D eigenvalue weighted by Gasteiger charge is 2.24. The summed E-state index contributed by atoms with van der Waals surface area (Å²) in [5, 5.41) is 13.0. The van der Waals surface area contributed by atoms with Gasteiger partial charge in [0.25, 0.3) is 0 Å². The van der Waals surface area contributed by atoms with Gasteiger partial charge in [-0.15, -0.1) is 0 Å². The van der Waals surface area contributed by atoms with Gasteiger partial charge in [0.1, 0.15) is 0 Å². The summed E-state index contributed by atoms with van der Waals surface area (Å²) in [6, 6.07) is 15.6. The molecule has 0 spiro atoms. The van der Waals surface area contributed by atoms with Gasteiger partial charge >= 0.3 is 0 Å². The van der Waals surface area contributed by atoms with Crippen LogP contribution in [0.3, 0.4) is 0 Å². The first-order valence-electron chi connectivity index (χ1n) is 8.32. The van der Waals surface area contributed by atoms with E-state index in [-0.39, 0.29) is 17.3 Å². The molecule has 6 nitrogen and oxygen atoms in total. The highest BCUT2D eigenvalue weighted by atomic mass is 32.2. The molecular formula is C19H24N2O4S. The minimum atomic E-state index is -3.74. The zero-order valence-electron chi connectivity index (χ0n) is 14.9. The quantitative estimate of drug-likeness (QED) is 0.659. The van der Waals surface area contributed by atoms with E-state index in [1.165, 1.54) is 31.2 Å². The molecule has 0 heterocycles. The van der Waals surface area contributed by atoms with E-state index in [2.05, 4.69) is 10.0 Å². The first kappa shape index (κ1) is 20.1. The first-order valence-corrected chi connectivity index (χ1v) is 9.80. The molecule has 7 heteroatoms. The maximum absolute atomic E-state index is 12.4. The second kappa shape index (κ2) is 8.44. The highest BCUT2D eigenvalue weighted by Crippen LogP contribution is 2.17. The van der Waals surface area contributed by atoms with E-state index in [1.54, 1.807) is 6.92 Å². The summed E-state index contributed by atoms with van der Waals surface area (Å²) >= 11 is 0. The van der Waals surface area contributed by atoms with Crippen molar-refractivity contribution in [3.05, 3.63) is 60.2 Å². The molecule has 3 N–H and O–H groups in total. The predicted octanol–water partition coefficient (Wildman–Crippen LogP) is 2.31. The molecule has 0 bridgehead atoms. The maximum Gasteiger partial charge on any atom is 0.240 e. The van der Waals surface area contributed by atoms with Gasteiger partial charge in [-0.2, -0.15) is 0 Å². The molecular weight excluding hydrogens is 352 g/mol. The van der Waals surface area contributed by atoms with Gasteiger partial charge in [-0.3, -0.25) is 4.79 Å². The summed E-state index contributed by atoms with van der Waals surface area (Å²) in [4.78, 5) is 11.1. The van der Waals surface area contributed by atoms with Crippen molar-refractivity contribution in [2.45, 2.75) is 37.2 Å². The van der Waals surface area contributed by atoms with Crippen molar-refractivity contribution in [2.24, 2.45) is 0 Å². The minimum Gasteiger partial charge on any atom is -0.389 e. The molecule has 2 rings (SSSR count). The Hall–Kier alpha value is -2.22. The third kappa shape index (κ3) is 6.25. The van der Waals surface area contributed by atoms with Gasteiger partial charge in [0, 0.05) is 19.2 Å². The van der Waals surface area contributed by atoms with Crippen molar-refractivity contribution in [1.82, 2.24) is 4.72 Å². The predicted molar refractivity (Wildman–Crippen MR) is 101 cm³/mol. The van der Waals surface area contributed by atoms with Crippen LogP contribution in [0.25, 0.3) is 0 Å². The molecule has 0 aromatic heterocycles. The summed E-state index contributed by atoms with van der Waals surface area (Å²) in [6.45, 7) is 2.90. The van der Waals surface area contributed by atoms with E-state index in [0.717, 1.165) is 5.56 Å². The Labute approximate surface area is 154 Å². The Morgan fingerprint density at radius 1 is 1.08 bits per heavy atom. The van der Waals surface area contributed by atoms with Gasteiger partial charge in [-0.25, -0.2) is 13.1 Å². The number of anilines is 1. The van der Waals surface area contributed by atoms with E-state index in [0.29, 0.717) is 18.5 Å². The van der Waals surface area contributed by atoms with Crippen LogP contribution in [0.5, 0.6) is 0 Å². The summed E-state index contributed by atoms with van der Waals surface area (Å²) in [7, 11) is -3.74. The average Bonchev–Trinajstić information content (AvgIpc) is 2.60. The fourth-order valence-corrected chi connectivity index (χ4v) is 3.56. The molecule has 0 saturated heterocycles. The van der Waals surface area contributed by atoms with E-state index in [1.807, 2.05) is 30.3 Å². The van der Waals surface area contributed by atoms with Crippen molar-refractivity contribution in [3.8, 4) is 0 Å². The van der Waals surface area contributed by atoms with Crippen LogP contribution >= 0.6 is 0 Å². The van der Waals surface area contributed by atoms with Crippen molar-refractivity contribution < 1.29 is 18.3 Å². The highest BCUT2D eigenvalue weighted by molar-refractivity contribution is 7.89. The molecule has 1 amide bonds. The van der Waals surface area contributed by atoms with Gasteiger partial charge in [-0.05, 0) is 49.6 Å². The number of nitrogens with one attached hydrogen (secondary N) is 2. The number of amides is 1. The van der Waals surface area contributed by atoms with Crippen LogP contribution in [0.15, 0.2) is 59.5 Å². The van der Waals surface area contributed by atoms with Crippen molar-refractivity contribution in [1.29, 1.82) is 0 Å². The normalized spacial score (nSPS) is 13.8. The van der Waals surface area contributed by atoms with Crippen LogP contribution in [0, 0.1) is 0 Å². The van der Waals surface area contributed by atoms with Crippen LogP contribution in [0.1, 0.15) is 25.8 Å². The summed E-state index contributed by atoms with van der Waals surface area (Å²) < 4.78 is 27.2. The van der Waals surface area contributed by atoms with E-state index < -0.39 is 15.6 Å². The van der Waals surface area contributed by atoms with Crippen LogP contribution in [0.4, 0.5) is 5.69 Å². The molecule has 0 aliphatic rings. The molecule has 2 aromatic carbocycles. The number of benzene rings is 2. The number of carbonyl (C=O) groups excluding carboxylic acids is 1. The average molecular weight is 376 g/mol. The number of carbonyl (C=O) groups is 1. The first-order chi connectivity index (χ1) is 12.2. The Bertz CT molecular complexity index is 832. The maximum atomic E-state index is 12.4. The molecule has 0 aliphatic heterocycles. The Kier molecular flexibility index (Phi) is 6.52. The van der Waals surface area contributed by atoms with Crippen LogP contribution in [-0.2, 0) is 21.2 Å². The largest absolute Gasteiger partial charge is 0.389 e. The second-order valence-electron chi connectivity index (χ2n) is 6.51. The van der Waals surface area contributed by atoms with Crippen molar-refractivity contribution in [3.63, 3.8) is 0 Å². The third-order valence-electron chi connectivity index (χ3n) is 3.92. The lowest BCUT2D eigenvalue weighted by Gasteiger charge is -2.23. The molecule has 2 aromatic rings. The third-order valence-corrected chi connectivity index (χ3v) is 5.34. The minimum absolute atomic E-state index is 0.0745. The Morgan fingerprint density at radius 3 is 2.27 bits per heavy atom. The summed E-state index contributed by atoms with van der Waals surface area (Å²) in [5.41, 5.74) is 0.439. The van der Waals surface area contributed by atoms with Gasteiger partial charge in [0.2, 0.25) is 15.9 Å². The van der Waals surface area contributed by atoms with Gasteiger partial charge in [0.15, 0.2) is 0 Å². The van der Waals surface area contributed by atoms with Crippen molar-refractivity contribution >= 4 is 21.6 Å². The van der Waals surface area contributed by atoms with E-state index >= 15 is 0 Å². The van der Waals surface area contributed by atoms with E-state index in [4.69, 9.17) is 0 Å². The monoisotopic (exact) mass is 376 g/mol. The fraction of sp³-hybridized carbons (Fsp3) is 0.316. The molecule has 1 atom stereocenters. The number of rotatable bonds is 8. The van der Waals surface area contributed by atoms with E-state index in [9.17, 15) is 18.3 Å². The number of sulfonamides is 1. The summed E-state index contributed by atoms with van der Waals surface area (Å²) in [6.07, 6.45) is 1.09. The van der Waals surface area contributed by atoms with Crippen LogP contribution in [-0.4, -0.2) is 31.6 Å². The molecule has 140 valence electrons. The Balaban J connectivity index is 1.94. The molecule has 0 fully saturated rings. The molecule has 26 heavy (non-hydrogen) atoms. The lowest BCUT2D eigenvalue weighted by atomic mass is 9.97. The smallest absolute Gasteiger partial charge is 0.240 e. The standard InChI is InChI=1S/C19H24N2O4S/c1-15(22)21-17-8-10-18(11-9-17)26(24,25)20-14-19(2,23)13-12-16-6-4-3-5-7-16/h3-11,20,23H,12-14H2,1-2H3,(H,21,22). The van der Waals surface area contributed by atoms with Gasteiger partial charge < -0.3 is 10.4 Å². The zero-order chi connectivity index (χ0) is 19.2. The molecule has 0 saturated carbocycles. The second-order valence-corrected chi connectivity index (χ2v) is 8.28. The number of hydrogen-bond acceptors (Lipinski definition) is 4. The van der Waals surface area contributed by atoms with Crippen LogP contribution in [0.2, 0.25) is 0 Å². The Morgan fingerprint density at radius 2 is 1.69 bits per heavy atom. The number of hydrogen-bond donors (Lipinski definition) is 3. The fourth-order valence-electron chi connectivity index (χ4n) is 2.40. The van der Waals surface area contributed by atoms with Gasteiger partial charge in [0.05, 0.1) is 10.5 Å². The lowest BCUT2D eigenvalue weighted by molar-refractivity contribution is -0.114. The van der Waals surface area contributed by atoms with Crippen molar-refractivity contribution in [2.75, 3.05) is 11.9 Å². The zero-order valence-corrected chi connectivity index (χ0v) is 15.7. The lowest BCUT2D eigenvalue weighted by Crippen LogP contribution is -2.40. The number of aryl methyl sites for hydroxylation is 1. The molecule has 1 unspecified atom stereocenters. The number of aliphatic hydroxyl groups is 1. The van der Waals surface area contributed by atoms with Crippen LogP contribution < -0.4 is 10.0 Å². The summed E-state index contributed by atoms with van der Waals surface area (Å²) in [5.74, 6) is -0.229. The van der Waals surface area contributed by atoms with Gasteiger partial charge in [-0.1, -0.05) is 30.3 Å².